The molecule has 3 nitrogen and oxygen atoms in total. The average Bonchev–Trinajstić information content (AvgIpc) is 1.97. The Balaban J connectivity index is 3.07. The monoisotopic (exact) mass is 145 g/mol. The fraction of sp³-hybridized carbons (Fsp3) is 0.857. The predicted octanol–water partition coefficient (Wildman–Crippen LogP) is 1.03. The van der Waals surface area contributed by atoms with Gasteiger partial charge in [-0.15, -0.1) is 5.16 Å². The van der Waals surface area contributed by atoms with Crippen LogP contribution in [0.4, 0.5) is 0 Å². The van der Waals surface area contributed by atoms with Gasteiger partial charge in [0.15, 0.2) is 0 Å². The summed E-state index contributed by atoms with van der Waals surface area (Å²) in [5, 5.41) is 11.7. The molecule has 0 saturated carbocycles. The molecule has 0 rings (SSSR count). The Bertz CT molecular complexity index is 85.7. The highest BCUT2D eigenvalue weighted by Crippen LogP contribution is 2.04. The van der Waals surface area contributed by atoms with Gasteiger partial charge in [-0.05, 0) is 18.8 Å². The van der Waals surface area contributed by atoms with Crippen LogP contribution in [0.25, 0.3) is 0 Å². The summed E-state index contributed by atoms with van der Waals surface area (Å²) in [5.74, 6) is 0.456. The van der Waals surface area contributed by atoms with Gasteiger partial charge in [0.1, 0.15) is 6.61 Å². The van der Waals surface area contributed by atoms with Crippen molar-refractivity contribution in [1.29, 1.82) is 0 Å². The molecule has 0 amide bonds. The molecule has 0 bridgehead atoms. The van der Waals surface area contributed by atoms with Crippen LogP contribution in [0.5, 0.6) is 0 Å². The number of nitrogens with zero attached hydrogens (tertiary/aromatic N) is 1. The highest BCUT2D eigenvalue weighted by Gasteiger charge is 2.00. The molecule has 1 atom stereocenters. The largest absolute Gasteiger partial charge is 0.396 e. The zero-order chi connectivity index (χ0) is 7.82. The van der Waals surface area contributed by atoms with Crippen LogP contribution in [0.3, 0.4) is 0 Å². The van der Waals surface area contributed by atoms with Crippen LogP contribution in [0, 0.1) is 5.92 Å². The van der Waals surface area contributed by atoms with Gasteiger partial charge in [-0.1, -0.05) is 6.92 Å². The van der Waals surface area contributed by atoms with Crippen LogP contribution in [-0.4, -0.2) is 25.0 Å². The molecule has 0 aromatic rings. The van der Waals surface area contributed by atoms with Crippen molar-refractivity contribution in [2.24, 2.45) is 11.1 Å². The fourth-order valence-electron chi connectivity index (χ4n) is 0.703. The van der Waals surface area contributed by atoms with E-state index in [2.05, 4.69) is 18.8 Å². The highest BCUT2D eigenvalue weighted by molar-refractivity contribution is 5.21. The Kier molecular flexibility index (Phi) is 6.18. The molecule has 0 spiro atoms. The molecule has 1 N–H and O–H groups in total. The summed E-state index contributed by atoms with van der Waals surface area (Å²) in [4.78, 5) is 4.72. The van der Waals surface area contributed by atoms with Crippen molar-refractivity contribution in [2.45, 2.75) is 19.8 Å². The van der Waals surface area contributed by atoms with E-state index in [1.165, 1.54) is 0 Å². The maximum atomic E-state index is 8.46. The molecule has 1 unspecified atom stereocenters. The molecule has 0 aliphatic carbocycles. The van der Waals surface area contributed by atoms with Gasteiger partial charge in [-0.3, -0.25) is 0 Å². The molecule has 0 aromatic carbocycles. The van der Waals surface area contributed by atoms with Crippen molar-refractivity contribution in [3.8, 4) is 0 Å². The van der Waals surface area contributed by atoms with Crippen LogP contribution in [-0.2, 0) is 4.84 Å². The maximum absolute atomic E-state index is 8.46. The van der Waals surface area contributed by atoms with Gasteiger partial charge in [0.2, 0.25) is 0 Å². The molecule has 0 saturated heterocycles. The summed E-state index contributed by atoms with van der Waals surface area (Å²) in [6.07, 6.45) is 1.81. The molecule has 0 aliphatic heterocycles. The molecule has 0 fully saturated rings. The van der Waals surface area contributed by atoms with Gasteiger partial charge < -0.3 is 9.94 Å². The second-order valence-corrected chi connectivity index (χ2v) is 2.40. The smallest absolute Gasteiger partial charge is 0.119 e. The Morgan fingerprint density at radius 1 is 1.70 bits per heavy atom. The summed E-state index contributed by atoms with van der Waals surface area (Å²) in [5.41, 5.74) is 0. The van der Waals surface area contributed by atoms with E-state index >= 15 is 0 Å². The third-order valence-electron chi connectivity index (χ3n) is 1.31. The number of aliphatic hydroxyl groups excluding tert-OH is 1. The Morgan fingerprint density at radius 2 is 2.40 bits per heavy atom. The van der Waals surface area contributed by atoms with E-state index in [1.54, 1.807) is 0 Å². The minimum absolute atomic E-state index is 0.256. The standard InChI is InChI=1S/C7H15NO2/c1-7(4-3-5-9)6-10-8-2/h7,9H,2-6H2,1H3. The lowest BCUT2D eigenvalue weighted by atomic mass is 10.1. The lowest BCUT2D eigenvalue weighted by Crippen LogP contribution is -2.03. The number of rotatable bonds is 6. The fourth-order valence-corrected chi connectivity index (χ4v) is 0.703. The summed E-state index contributed by atoms with van der Waals surface area (Å²) >= 11 is 0. The van der Waals surface area contributed by atoms with Crippen molar-refractivity contribution in [3.05, 3.63) is 0 Å². The first kappa shape index (κ1) is 9.43. The van der Waals surface area contributed by atoms with Gasteiger partial charge in [0.05, 0.1) is 0 Å². The number of aliphatic hydroxyl groups is 1. The number of oxime groups is 1. The summed E-state index contributed by atoms with van der Waals surface area (Å²) in [7, 11) is 0. The van der Waals surface area contributed by atoms with Crippen molar-refractivity contribution < 1.29 is 9.94 Å². The lowest BCUT2D eigenvalue weighted by molar-refractivity contribution is 0.109. The average molecular weight is 145 g/mol. The number of hydrogen-bond acceptors (Lipinski definition) is 3. The van der Waals surface area contributed by atoms with Crippen molar-refractivity contribution >= 4 is 6.72 Å². The topological polar surface area (TPSA) is 41.8 Å². The van der Waals surface area contributed by atoms with E-state index in [0.29, 0.717) is 12.5 Å². The minimum atomic E-state index is 0.256. The third-order valence-corrected chi connectivity index (χ3v) is 1.31. The van der Waals surface area contributed by atoms with E-state index in [9.17, 15) is 0 Å². The molecule has 0 radical (unpaired) electrons. The Morgan fingerprint density at radius 3 is 2.90 bits per heavy atom. The van der Waals surface area contributed by atoms with Crippen LogP contribution in [0.15, 0.2) is 5.16 Å². The van der Waals surface area contributed by atoms with E-state index in [4.69, 9.17) is 9.94 Å². The van der Waals surface area contributed by atoms with Gasteiger partial charge in [-0.2, -0.15) is 0 Å². The normalized spacial score (nSPS) is 12.6. The summed E-state index contributed by atoms with van der Waals surface area (Å²) < 4.78 is 0. The molecule has 0 aliphatic rings. The Labute approximate surface area is 61.7 Å². The van der Waals surface area contributed by atoms with Gasteiger partial charge in [0, 0.05) is 13.3 Å². The third kappa shape index (κ3) is 5.56. The Hall–Kier alpha value is -0.570. The first-order valence-corrected chi connectivity index (χ1v) is 3.50. The van der Waals surface area contributed by atoms with Crippen molar-refractivity contribution in [3.63, 3.8) is 0 Å². The minimum Gasteiger partial charge on any atom is -0.396 e. The molecule has 0 aromatic heterocycles. The van der Waals surface area contributed by atoms with Crippen molar-refractivity contribution in [1.82, 2.24) is 0 Å². The SMILES string of the molecule is C=NOCC(C)CCCO. The molecular formula is C7H15NO2. The zero-order valence-corrected chi connectivity index (χ0v) is 6.42. The van der Waals surface area contributed by atoms with Crippen LogP contribution in [0.2, 0.25) is 0 Å². The zero-order valence-electron chi connectivity index (χ0n) is 6.42. The highest BCUT2D eigenvalue weighted by atomic mass is 16.6. The quantitative estimate of drug-likeness (QED) is 0.448. The summed E-state index contributed by atoms with van der Waals surface area (Å²) in [6.45, 7) is 6.10. The van der Waals surface area contributed by atoms with Crippen LogP contribution in [0.1, 0.15) is 19.8 Å². The summed E-state index contributed by atoms with van der Waals surface area (Å²) in [6, 6.07) is 0. The molecule has 3 heteroatoms. The predicted molar refractivity (Wildman–Crippen MR) is 41.0 cm³/mol. The van der Waals surface area contributed by atoms with Gasteiger partial charge in [0.25, 0.3) is 0 Å². The molecular weight excluding hydrogens is 130 g/mol. The van der Waals surface area contributed by atoms with E-state index in [0.717, 1.165) is 12.8 Å². The molecule has 60 valence electrons. The van der Waals surface area contributed by atoms with Gasteiger partial charge in [-0.25, -0.2) is 0 Å². The van der Waals surface area contributed by atoms with E-state index in [-0.39, 0.29) is 6.61 Å². The first-order chi connectivity index (χ1) is 4.81. The second kappa shape index (κ2) is 6.55. The maximum Gasteiger partial charge on any atom is 0.119 e. The van der Waals surface area contributed by atoms with Crippen LogP contribution < -0.4 is 0 Å². The second-order valence-electron chi connectivity index (χ2n) is 2.40. The van der Waals surface area contributed by atoms with Crippen molar-refractivity contribution in [2.75, 3.05) is 13.2 Å². The molecule has 10 heavy (non-hydrogen) atoms. The van der Waals surface area contributed by atoms with Crippen LogP contribution >= 0.6 is 0 Å². The lowest BCUT2D eigenvalue weighted by Gasteiger charge is -2.07. The number of hydrogen-bond donors (Lipinski definition) is 1. The first-order valence-electron chi connectivity index (χ1n) is 3.50. The molecule has 0 heterocycles. The van der Waals surface area contributed by atoms with Gasteiger partial charge >= 0.3 is 0 Å². The van der Waals surface area contributed by atoms with E-state index < -0.39 is 0 Å². The van der Waals surface area contributed by atoms with E-state index in [1.807, 2.05) is 0 Å².